The van der Waals surface area contributed by atoms with Crippen LogP contribution in [0.4, 0.5) is 18.9 Å². The highest BCUT2D eigenvalue weighted by Gasteiger charge is 2.30. The monoisotopic (exact) mass is 371 g/mol. The molecule has 3 rings (SSSR count). The molecule has 1 heterocycles. The van der Waals surface area contributed by atoms with Gasteiger partial charge in [-0.1, -0.05) is 11.6 Å². The van der Waals surface area contributed by atoms with Gasteiger partial charge in [-0.2, -0.15) is 13.2 Å². The number of nitrogens with one attached hydrogen (secondary N) is 1. The van der Waals surface area contributed by atoms with E-state index in [0.29, 0.717) is 24.7 Å². The summed E-state index contributed by atoms with van der Waals surface area (Å²) in [6.07, 6.45) is -3.73. The summed E-state index contributed by atoms with van der Waals surface area (Å²) >= 11 is 6.13. The second-order valence-corrected chi connectivity index (χ2v) is 5.77. The molecule has 2 aromatic carbocycles. The van der Waals surface area contributed by atoms with Crippen LogP contribution in [0.15, 0.2) is 36.4 Å². The molecule has 0 fully saturated rings. The number of anilines is 1. The number of carbonyl (C=O) groups excluding carboxylic acids is 1. The predicted molar refractivity (Wildman–Crippen MR) is 86.5 cm³/mol. The summed E-state index contributed by atoms with van der Waals surface area (Å²) in [5.74, 6) is 0.352. The van der Waals surface area contributed by atoms with Crippen LogP contribution in [0, 0.1) is 0 Å². The van der Waals surface area contributed by atoms with E-state index in [0.717, 1.165) is 30.7 Å². The van der Waals surface area contributed by atoms with Gasteiger partial charge in [0.05, 0.1) is 29.5 Å². The van der Waals surface area contributed by atoms with E-state index in [2.05, 4.69) is 5.32 Å². The fraction of sp³-hybridized carbons (Fsp3) is 0.235. The van der Waals surface area contributed by atoms with Crippen molar-refractivity contribution in [1.29, 1.82) is 0 Å². The van der Waals surface area contributed by atoms with Gasteiger partial charge in [-0.15, -0.1) is 0 Å². The predicted octanol–water partition coefficient (Wildman–Crippen LogP) is 4.77. The zero-order valence-electron chi connectivity index (χ0n) is 12.8. The summed E-state index contributed by atoms with van der Waals surface area (Å²) in [4.78, 5) is 12.2. The van der Waals surface area contributed by atoms with Crippen molar-refractivity contribution in [3.63, 3.8) is 0 Å². The number of amides is 1. The topological polar surface area (TPSA) is 47.6 Å². The van der Waals surface area contributed by atoms with Gasteiger partial charge in [-0.05, 0) is 24.3 Å². The maximum absolute atomic E-state index is 12.6. The van der Waals surface area contributed by atoms with Crippen molar-refractivity contribution in [1.82, 2.24) is 0 Å². The van der Waals surface area contributed by atoms with Crippen LogP contribution in [0.5, 0.6) is 11.5 Å². The number of rotatable bonds is 2. The fourth-order valence-electron chi connectivity index (χ4n) is 2.28. The molecule has 132 valence electrons. The van der Waals surface area contributed by atoms with Crippen LogP contribution in [0.2, 0.25) is 5.02 Å². The Morgan fingerprint density at radius 3 is 2.24 bits per heavy atom. The van der Waals surface area contributed by atoms with Gasteiger partial charge in [-0.25, -0.2) is 0 Å². The molecule has 0 bridgehead atoms. The minimum atomic E-state index is -4.45. The number of fused-ring (bicyclic) bond motifs is 1. The lowest BCUT2D eigenvalue weighted by atomic mass is 10.1. The first-order valence-corrected chi connectivity index (χ1v) is 7.80. The Hall–Kier alpha value is -2.41. The molecule has 0 radical (unpaired) electrons. The Morgan fingerprint density at radius 1 is 1.04 bits per heavy atom. The molecule has 1 aliphatic rings. The molecule has 4 nitrogen and oxygen atoms in total. The fourth-order valence-corrected chi connectivity index (χ4v) is 2.49. The van der Waals surface area contributed by atoms with Crippen molar-refractivity contribution in [2.45, 2.75) is 12.6 Å². The average Bonchev–Trinajstić information content (AvgIpc) is 2.79. The standard InChI is InChI=1S/C17H13ClF3NO3/c18-12-8-14-15(25-7-1-6-24-14)9-13(12)22-16(23)10-2-4-11(5-3-10)17(19,20)21/h2-5,8-9H,1,6-7H2,(H,22,23). The highest BCUT2D eigenvalue weighted by Crippen LogP contribution is 2.38. The molecule has 2 aromatic rings. The largest absolute Gasteiger partial charge is 0.490 e. The number of hydrogen-bond donors (Lipinski definition) is 1. The van der Waals surface area contributed by atoms with Crippen molar-refractivity contribution in [2.24, 2.45) is 0 Å². The molecule has 0 saturated carbocycles. The van der Waals surface area contributed by atoms with E-state index in [4.69, 9.17) is 21.1 Å². The molecule has 1 aliphatic heterocycles. The van der Waals surface area contributed by atoms with E-state index in [1.54, 1.807) is 0 Å². The SMILES string of the molecule is O=C(Nc1cc2c(cc1Cl)OCCCO2)c1ccc(C(F)(F)F)cc1. The summed E-state index contributed by atoms with van der Waals surface area (Å²) in [5.41, 5.74) is -0.454. The van der Waals surface area contributed by atoms with E-state index in [1.807, 2.05) is 0 Å². The molecular weight excluding hydrogens is 359 g/mol. The Morgan fingerprint density at radius 2 is 1.64 bits per heavy atom. The number of ether oxygens (including phenoxy) is 2. The van der Waals surface area contributed by atoms with Crippen LogP contribution in [-0.4, -0.2) is 19.1 Å². The van der Waals surface area contributed by atoms with Crippen molar-refractivity contribution >= 4 is 23.2 Å². The second-order valence-electron chi connectivity index (χ2n) is 5.36. The number of halogens is 4. The maximum Gasteiger partial charge on any atom is 0.416 e. The van der Waals surface area contributed by atoms with Gasteiger partial charge in [0, 0.05) is 24.1 Å². The zero-order valence-corrected chi connectivity index (χ0v) is 13.6. The Labute approximate surface area is 146 Å². The smallest absolute Gasteiger partial charge is 0.416 e. The maximum atomic E-state index is 12.6. The van der Waals surface area contributed by atoms with E-state index in [-0.39, 0.29) is 16.3 Å². The summed E-state index contributed by atoms with van der Waals surface area (Å²) in [6, 6.07) is 6.98. The van der Waals surface area contributed by atoms with Gasteiger partial charge in [-0.3, -0.25) is 4.79 Å². The van der Waals surface area contributed by atoms with Crippen molar-refractivity contribution in [3.05, 3.63) is 52.5 Å². The summed E-state index contributed by atoms with van der Waals surface area (Å²) in [7, 11) is 0. The molecular formula is C17H13ClF3NO3. The van der Waals surface area contributed by atoms with Crippen LogP contribution in [0.1, 0.15) is 22.3 Å². The number of benzene rings is 2. The van der Waals surface area contributed by atoms with Crippen LogP contribution in [0.25, 0.3) is 0 Å². The lowest BCUT2D eigenvalue weighted by Gasteiger charge is -2.13. The average molecular weight is 372 g/mol. The van der Waals surface area contributed by atoms with E-state index < -0.39 is 17.6 Å². The van der Waals surface area contributed by atoms with Gasteiger partial charge in [0.2, 0.25) is 0 Å². The van der Waals surface area contributed by atoms with Crippen LogP contribution in [-0.2, 0) is 6.18 Å². The van der Waals surface area contributed by atoms with Crippen molar-refractivity contribution < 1.29 is 27.4 Å². The molecule has 0 saturated heterocycles. The Balaban J connectivity index is 1.80. The van der Waals surface area contributed by atoms with Crippen LogP contribution >= 0.6 is 11.6 Å². The number of alkyl halides is 3. The Bertz CT molecular complexity index is 791. The first kappa shape index (κ1) is 17.4. The van der Waals surface area contributed by atoms with Crippen molar-refractivity contribution in [3.8, 4) is 11.5 Å². The minimum Gasteiger partial charge on any atom is -0.490 e. The molecule has 0 unspecified atom stereocenters. The highest BCUT2D eigenvalue weighted by atomic mass is 35.5. The normalized spacial score (nSPS) is 13.9. The molecule has 0 aromatic heterocycles. The highest BCUT2D eigenvalue weighted by molar-refractivity contribution is 6.34. The second kappa shape index (κ2) is 6.84. The van der Waals surface area contributed by atoms with Crippen LogP contribution < -0.4 is 14.8 Å². The number of hydrogen-bond acceptors (Lipinski definition) is 3. The molecule has 0 aliphatic carbocycles. The zero-order chi connectivity index (χ0) is 18.0. The molecule has 0 spiro atoms. The first-order valence-electron chi connectivity index (χ1n) is 7.42. The molecule has 25 heavy (non-hydrogen) atoms. The van der Waals surface area contributed by atoms with Gasteiger partial charge >= 0.3 is 6.18 Å². The molecule has 8 heteroatoms. The van der Waals surface area contributed by atoms with E-state index in [1.165, 1.54) is 12.1 Å². The van der Waals surface area contributed by atoms with E-state index in [9.17, 15) is 18.0 Å². The van der Waals surface area contributed by atoms with Gasteiger partial charge in [0.25, 0.3) is 5.91 Å². The van der Waals surface area contributed by atoms with Gasteiger partial charge < -0.3 is 14.8 Å². The van der Waals surface area contributed by atoms with E-state index >= 15 is 0 Å². The Kier molecular flexibility index (Phi) is 4.76. The molecule has 0 atom stereocenters. The van der Waals surface area contributed by atoms with Crippen LogP contribution in [0.3, 0.4) is 0 Å². The van der Waals surface area contributed by atoms with Gasteiger partial charge in [0.15, 0.2) is 11.5 Å². The third kappa shape index (κ3) is 3.99. The summed E-state index contributed by atoms with van der Waals surface area (Å²) in [6.45, 7) is 0.974. The lowest BCUT2D eigenvalue weighted by Crippen LogP contribution is -2.13. The first-order chi connectivity index (χ1) is 11.8. The van der Waals surface area contributed by atoms with Gasteiger partial charge in [0.1, 0.15) is 0 Å². The molecule has 1 N–H and O–H groups in total. The van der Waals surface area contributed by atoms with Crippen molar-refractivity contribution in [2.75, 3.05) is 18.5 Å². The minimum absolute atomic E-state index is 0.0798. The summed E-state index contributed by atoms with van der Waals surface area (Å²) < 4.78 is 48.7. The summed E-state index contributed by atoms with van der Waals surface area (Å²) in [5, 5.41) is 2.81. The number of carbonyl (C=O) groups is 1. The third-order valence-electron chi connectivity index (χ3n) is 3.56. The quantitative estimate of drug-likeness (QED) is 0.827. The molecule has 1 amide bonds. The lowest BCUT2D eigenvalue weighted by molar-refractivity contribution is -0.137. The third-order valence-corrected chi connectivity index (χ3v) is 3.87.